The van der Waals surface area contributed by atoms with Crippen molar-refractivity contribution < 1.29 is 13.0 Å². The van der Waals surface area contributed by atoms with Crippen LogP contribution in [0.1, 0.15) is 37.8 Å². The van der Waals surface area contributed by atoms with Crippen LogP contribution in [0.2, 0.25) is 0 Å². The van der Waals surface area contributed by atoms with Gasteiger partial charge in [0.25, 0.3) is 10.1 Å². The molecule has 0 bridgehead atoms. The highest BCUT2D eigenvalue weighted by molar-refractivity contribution is 7.86. The Balaban J connectivity index is 2.74. The maximum absolute atomic E-state index is 11.5. The molecule has 4 heteroatoms. The molecule has 0 aliphatic rings. The Labute approximate surface area is 120 Å². The van der Waals surface area contributed by atoms with E-state index in [1.807, 2.05) is 18.2 Å². The molecular weight excluding hydrogens is 272 g/mol. The molecule has 0 amide bonds. The predicted octanol–water partition coefficient (Wildman–Crippen LogP) is 3.99. The van der Waals surface area contributed by atoms with Crippen LogP contribution in [-0.2, 0) is 23.0 Å². The van der Waals surface area contributed by atoms with Crippen molar-refractivity contribution in [3.63, 3.8) is 0 Å². The fourth-order valence-electron chi connectivity index (χ4n) is 2.58. The second kappa shape index (κ2) is 5.94. The van der Waals surface area contributed by atoms with E-state index in [9.17, 15) is 13.0 Å². The summed E-state index contributed by atoms with van der Waals surface area (Å²) in [6.45, 7) is 4.21. The molecule has 2 aromatic carbocycles. The van der Waals surface area contributed by atoms with Gasteiger partial charge in [-0.1, -0.05) is 51.0 Å². The number of benzene rings is 2. The first-order valence-corrected chi connectivity index (χ1v) is 8.43. The Hall–Kier alpha value is -1.39. The molecule has 0 aliphatic heterocycles. The fraction of sp³-hybridized carbons (Fsp3) is 0.375. The van der Waals surface area contributed by atoms with Crippen LogP contribution in [0, 0.1) is 0 Å². The molecule has 0 aliphatic carbocycles. The van der Waals surface area contributed by atoms with Crippen molar-refractivity contribution in [2.45, 2.75) is 44.4 Å². The van der Waals surface area contributed by atoms with Crippen LogP contribution in [0.15, 0.2) is 35.2 Å². The van der Waals surface area contributed by atoms with Crippen molar-refractivity contribution in [3.05, 3.63) is 41.5 Å². The first-order chi connectivity index (χ1) is 9.47. The van der Waals surface area contributed by atoms with Crippen molar-refractivity contribution in [1.82, 2.24) is 0 Å². The molecule has 20 heavy (non-hydrogen) atoms. The number of fused-ring (bicyclic) bond motifs is 1. The van der Waals surface area contributed by atoms with Gasteiger partial charge < -0.3 is 0 Å². The number of hydrogen-bond donors (Lipinski definition) is 1. The standard InChI is InChI=1S/C16H20O3S/c1-3-5-12-7-9-14-15(11-12)13(6-4-2)8-10-16(14)20(17,18)19/h7-11H,3-6H2,1-2H3,(H,17,18,19). The van der Waals surface area contributed by atoms with Gasteiger partial charge in [0.1, 0.15) is 4.90 Å². The molecule has 0 saturated carbocycles. The van der Waals surface area contributed by atoms with Gasteiger partial charge in [-0.2, -0.15) is 8.42 Å². The minimum absolute atomic E-state index is 0.00426. The summed E-state index contributed by atoms with van der Waals surface area (Å²) < 4.78 is 32.3. The Morgan fingerprint density at radius 1 is 0.950 bits per heavy atom. The minimum atomic E-state index is -4.19. The molecule has 3 nitrogen and oxygen atoms in total. The highest BCUT2D eigenvalue weighted by Gasteiger charge is 2.15. The third kappa shape index (κ3) is 3.02. The summed E-state index contributed by atoms with van der Waals surface area (Å²) in [5, 5.41) is 1.55. The lowest BCUT2D eigenvalue weighted by molar-refractivity contribution is 0.484. The molecule has 2 rings (SSSR count). The van der Waals surface area contributed by atoms with Crippen LogP contribution in [0.3, 0.4) is 0 Å². The SMILES string of the molecule is CCCc1ccc2c(S(=O)(=O)O)ccc(CCC)c2c1. The van der Waals surface area contributed by atoms with E-state index in [1.165, 1.54) is 11.6 Å². The zero-order valence-electron chi connectivity index (χ0n) is 11.9. The van der Waals surface area contributed by atoms with E-state index in [2.05, 4.69) is 19.9 Å². The second-order valence-corrected chi connectivity index (χ2v) is 6.47. The second-order valence-electron chi connectivity index (χ2n) is 5.08. The lowest BCUT2D eigenvalue weighted by atomic mass is 9.98. The van der Waals surface area contributed by atoms with Crippen LogP contribution < -0.4 is 0 Å². The van der Waals surface area contributed by atoms with E-state index in [-0.39, 0.29) is 4.90 Å². The fourth-order valence-corrected chi connectivity index (χ4v) is 3.28. The molecule has 0 atom stereocenters. The average molecular weight is 292 g/mol. The van der Waals surface area contributed by atoms with Crippen molar-refractivity contribution in [3.8, 4) is 0 Å². The zero-order chi connectivity index (χ0) is 14.8. The van der Waals surface area contributed by atoms with Gasteiger partial charge >= 0.3 is 0 Å². The Morgan fingerprint density at radius 3 is 2.25 bits per heavy atom. The van der Waals surface area contributed by atoms with Gasteiger partial charge in [0.15, 0.2) is 0 Å². The number of hydrogen-bond acceptors (Lipinski definition) is 2. The lowest BCUT2D eigenvalue weighted by Crippen LogP contribution is -2.01. The van der Waals surface area contributed by atoms with E-state index in [0.717, 1.165) is 36.6 Å². The maximum Gasteiger partial charge on any atom is 0.295 e. The highest BCUT2D eigenvalue weighted by atomic mass is 32.2. The molecular formula is C16H20O3S. The summed E-state index contributed by atoms with van der Waals surface area (Å²) in [5.74, 6) is 0. The van der Waals surface area contributed by atoms with Crippen molar-refractivity contribution in [1.29, 1.82) is 0 Å². The molecule has 0 unspecified atom stereocenters. The smallest absolute Gasteiger partial charge is 0.282 e. The number of aryl methyl sites for hydroxylation is 2. The first-order valence-electron chi connectivity index (χ1n) is 6.99. The van der Waals surface area contributed by atoms with Crippen LogP contribution in [-0.4, -0.2) is 13.0 Å². The van der Waals surface area contributed by atoms with Gasteiger partial charge in [0.05, 0.1) is 0 Å². The van der Waals surface area contributed by atoms with Crippen molar-refractivity contribution in [2.75, 3.05) is 0 Å². The molecule has 1 N–H and O–H groups in total. The van der Waals surface area contributed by atoms with E-state index < -0.39 is 10.1 Å². The summed E-state index contributed by atoms with van der Waals surface area (Å²) in [5.41, 5.74) is 2.33. The van der Waals surface area contributed by atoms with E-state index in [4.69, 9.17) is 0 Å². The largest absolute Gasteiger partial charge is 0.295 e. The van der Waals surface area contributed by atoms with Crippen LogP contribution in [0.25, 0.3) is 10.8 Å². The summed E-state index contributed by atoms with van der Waals surface area (Å²) >= 11 is 0. The van der Waals surface area contributed by atoms with Crippen molar-refractivity contribution in [2.24, 2.45) is 0 Å². The monoisotopic (exact) mass is 292 g/mol. The third-order valence-corrected chi connectivity index (χ3v) is 4.38. The van der Waals surface area contributed by atoms with Gasteiger partial charge in [-0.3, -0.25) is 4.55 Å². The summed E-state index contributed by atoms with van der Waals surface area (Å²) in [6.07, 6.45) is 3.92. The topological polar surface area (TPSA) is 54.4 Å². The van der Waals surface area contributed by atoms with Gasteiger partial charge in [-0.25, -0.2) is 0 Å². The molecule has 108 valence electrons. The normalized spacial score (nSPS) is 11.9. The maximum atomic E-state index is 11.5. The van der Waals surface area contributed by atoms with Crippen LogP contribution >= 0.6 is 0 Å². The quantitative estimate of drug-likeness (QED) is 0.848. The summed E-state index contributed by atoms with van der Waals surface area (Å²) in [4.78, 5) is -0.00426. The molecule has 0 saturated heterocycles. The van der Waals surface area contributed by atoms with E-state index in [0.29, 0.717) is 5.39 Å². The van der Waals surface area contributed by atoms with Gasteiger partial charge in [0, 0.05) is 5.39 Å². The molecule has 2 aromatic rings. The number of rotatable bonds is 5. The molecule has 0 radical (unpaired) electrons. The molecule has 0 heterocycles. The highest BCUT2D eigenvalue weighted by Crippen LogP contribution is 2.28. The minimum Gasteiger partial charge on any atom is -0.282 e. The average Bonchev–Trinajstić information content (AvgIpc) is 2.38. The van der Waals surface area contributed by atoms with Gasteiger partial charge in [-0.15, -0.1) is 0 Å². The lowest BCUT2D eigenvalue weighted by Gasteiger charge is -2.11. The Morgan fingerprint density at radius 2 is 1.65 bits per heavy atom. The first kappa shape index (κ1) is 15.0. The van der Waals surface area contributed by atoms with Gasteiger partial charge in [-0.05, 0) is 35.4 Å². The predicted molar refractivity (Wildman–Crippen MR) is 81.8 cm³/mol. The van der Waals surface area contributed by atoms with Gasteiger partial charge in [0.2, 0.25) is 0 Å². The summed E-state index contributed by atoms with van der Waals surface area (Å²) in [6, 6.07) is 9.12. The molecule has 0 aromatic heterocycles. The summed E-state index contributed by atoms with van der Waals surface area (Å²) in [7, 11) is -4.19. The van der Waals surface area contributed by atoms with Crippen molar-refractivity contribution >= 4 is 20.9 Å². The van der Waals surface area contributed by atoms with E-state index >= 15 is 0 Å². The zero-order valence-corrected chi connectivity index (χ0v) is 12.7. The molecule has 0 fully saturated rings. The Bertz CT molecular complexity index is 718. The van der Waals surface area contributed by atoms with E-state index in [1.54, 1.807) is 0 Å². The van der Waals surface area contributed by atoms with Crippen LogP contribution in [0.4, 0.5) is 0 Å². The Kier molecular flexibility index (Phi) is 4.45. The third-order valence-electron chi connectivity index (χ3n) is 3.47. The van der Waals surface area contributed by atoms with Crippen LogP contribution in [0.5, 0.6) is 0 Å². The molecule has 0 spiro atoms.